The Morgan fingerprint density at radius 1 is 1.03 bits per heavy atom. The second-order valence-corrected chi connectivity index (χ2v) is 9.51. The van der Waals surface area contributed by atoms with Crippen molar-refractivity contribution in [2.24, 2.45) is 0 Å². The van der Waals surface area contributed by atoms with Crippen molar-refractivity contribution in [3.8, 4) is 0 Å². The SMILES string of the molecule is COC(=O)C1=C(OS(=O)(=O)C(F)(F)F)c2ccccc2S(=O)(=O)N1Cc1ccccc1. The molecule has 0 unspecified atom stereocenters. The molecule has 0 atom stereocenters. The number of methoxy groups -OCH3 is 1. The van der Waals surface area contributed by atoms with Crippen LogP contribution in [0.15, 0.2) is 65.2 Å². The summed E-state index contributed by atoms with van der Waals surface area (Å²) in [5, 5.41) is 0. The quantitative estimate of drug-likeness (QED) is 0.370. The number of hydrogen-bond donors (Lipinski definition) is 0. The summed E-state index contributed by atoms with van der Waals surface area (Å²) in [4.78, 5) is 11.9. The van der Waals surface area contributed by atoms with Gasteiger partial charge in [-0.2, -0.15) is 21.6 Å². The van der Waals surface area contributed by atoms with Gasteiger partial charge >= 0.3 is 21.6 Å². The molecule has 0 N–H and O–H groups in total. The zero-order valence-corrected chi connectivity index (χ0v) is 17.3. The van der Waals surface area contributed by atoms with Gasteiger partial charge in [-0.05, 0) is 17.7 Å². The predicted molar refractivity (Wildman–Crippen MR) is 101 cm³/mol. The van der Waals surface area contributed by atoms with Crippen LogP contribution < -0.4 is 0 Å². The minimum atomic E-state index is -6.24. The molecule has 166 valence electrons. The van der Waals surface area contributed by atoms with E-state index in [-0.39, 0.29) is 0 Å². The van der Waals surface area contributed by atoms with E-state index >= 15 is 0 Å². The summed E-state index contributed by atoms with van der Waals surface area (Å²) in [6.07, 6.45) is 0. The fourth-order valence-corrected chi connectivity index (χ4v) is 4.93. The summed E-state index contributed by atoms with van der Waals surface area (Å²) in [6.45, 7) is -0.499. The lowest BCUT2D eigenvalue weighted by molar-refractivity contribution is -0.137. The fraction of sp³-hybridized carbons (Fsp3) is 0.167. The molecule has 8 nitrogen and oxygen atoms in total. The number of esters is 1. The van der Waals surface area contributed by atoms with Crippen molar-refractivity contribution in [3.05, 3.63) is 71.4 Å². The molecule has 0 saturated carbocycles. The molecular weight excluding hydrogens is 463 g/mol. The van der Waals surface area contributed by atoms with Gasteiger partial charge in [0.1, 0.15) is 0 Å². The lowest BCUT2D eigenvalue weighted by atomic mass is 10.1. The maximum absolute atomic E-state index is 13.2. The first-order chi connectivity index (χ1) is 14.4. The minimum absolute atomic E-state index is 0.366. The maximum Gasteiger partial charge on any atom is 0.534 e. The van der Waals surface area contributed by atoms with Crippen molar-refractivity contribution in [3.63, 3.8) is 0 Å². The Hall–Kier alpha value is -3.06. The standard InChI is InChI=1S/C18H14F3NO7S2/c1-28-17(23)15-16(29-31(26,27)18(19,20)21)13-9-5-6-10-14(13)30(24,25)22(15)11-12-7-3-2-4-8-12/h2-10H,11H2,1H3. The highest BCUT2D eigenvalue weighted by atomic mass is 32.2. The van der Waals surface area contributed by atoms with Crippen molar-refractivity contribution in [1.29, 1.82) is 0 Å². The van der Waals surface area contributed by atoms with Crippen LogP contribution in [0.5, 0.6) is 0 Å². The predicted octanol–water partition coefficient (Wildman–Crippen LogP) is 2.60. The van der Waals surface area contributed by atoms with Crippen LogP contribution in [-0.4, -0.2) is 39.7 Å². The number of nitrogens with zero attached hydrogens (tertiary/aromatic N) is 1. The summed E-state index contributed by atoms with van der Waals surface area (Å²) in [5.74, 6) is -2.51. The molecule has 0 aromatic heterocycles. The van der Waals surface area contributed by atoms with Crippen molar-refractivity contribution < 1.29 is 43.7 Å². The number of halogens is 3. The molecule has 0 aliphatic carbocycles. The van der Waals surface area contributed by atoms with Crippen molar-refractivity contribution >= 4 is 31.9 Å². The number of sulfonamides is 1. The van der Waals surface area contributed by atoms with Gasteiger partial charge in [0.25, 0.3) is 10.0 Å². The lowest BCUT2D eigenvalue weighted by Crippen LogP contribution is -2.39. The molecule has 0 spiro atoms. The molecule has 0 saturated heterocycles. The Morgan fingerprint density at radius 3 is 2.19 bits per heavy atom. The molecule has 0 amide bonds. The number of hydrogen-bond acceptors (Lipinski definition) is 7. The van der Waals surface area contributed by atoms with E-state index in [1.54, 1.807) is 18.2 Å². The molecule has 2 aromatic carbocycles. The van der Waals surface area contributed by atoms with Gasteiger partial charge in [-0.1, -0.05) is 42.5 Å². The van der Waals surface area contributed by atoms with Gasteiger partial charge in [0, 0.05) is 5.56 Å². The summed E-state index contributed by atoms with van der Waals surface area (Å²) in [5.41, 5.74) is -6.99. The Kier molecular flexibility index (Phi) is 5.76. The number of fused-ring (bicyclic) bond motifs is 1. The van der Waals surface area contributed by atoms with Crippen LogP contribution in [0.3, 0.4) is 0 Å². The van der Waals surface area contributed by atoms with Crippen LogP contribution in [0.25, 0.3) is 5.76 Å². The van der Waals surface area contributed by atoms with E-state index in [0.29, 0.717) is 9.87 Å². The molecular formula is C18H14F3NO7S2. The summed E-state index contributed by atoms with van der Waals surface area (Å²) >= 11 is 0. The number of alkyl halides is 3. The monoisotopic (exact) mass is 477 g/mol. The molecule has 0 fully saturated rings. The minimum Gasteiger partial charge on any atom is -0.464 e. The number of carbonyl (C=O) groups is 1. The van der Waals surface area contributed by atoms with Crippen LogP contribution in [0, 0.1) is 0 Å². The topological polar surface area (TPSA) is 107 Å². The van der Waals surface area contributed by atoms with Gasteiger partial charge in [0.15, 0.2) is 11.5 Å². The number of benzene rings is 2. The van der Waals surface area contributed by atoms with Gasteiger partial charge in [-0.3, -0.25) is 4.31 Å². The molecule has 1 heterocycles. The van der Waals surface area contributed by atoms with Gasteiger partial charge in [-0.25, -0.2) is 13.2 Å². The van der Waals surface area contributed by atoms with E-state index in [2.05, 4.69) is 8.92 Å². The van der Waals surface area contributed by atoms with Crippen molar-refractivity contribution in [2.75, 3.05) is 7.11 Å². The largest absolute Gasteiger partial charge is 0.534 e. The number of ether oxygens (including phenoxy) is 1. The van der Waals surface area contributed by atoms with Crippen LogP contribution in [0.4, 0.5) is 13.2 Å². The summed E-state index contributed by atoms with van der Waals surface area (Å²) in [6, 6.07) is 12.4. The van der Waals surface area contributed by atoms with E-state index in [1.165, 1.54) is 24.3 Å². The van der Waals surface area contributed by atoms with E-state index < -0.39 is 60.1 Å². The average molecular weight is 477 g/mol. The smallest absolute Gasteiger partial charge is 0.464 e. The summed E-state index contributed by atoms with van der Waals surface area (Å²) < 4.78 is 98.1. The van der Waals surface area contributed by atoms with Crippen molar-refractivity contribution in [1.82, 2.24) is 4.31 Å². The zero-order chi connectivity index (χ0) is 23.0. The number of rotatable bonds is 5. The van der Waals surface area contributed by atoms with Crippen LogP contribution in [-0.2, 0) is 40.4 Å². The first-order valence-corrected chi connectivity index (χ1v) is 11.2. The van der Waals surface area contributed by atoms with E-state index in [9.17, 15) is 34.8 Å². The molecule has 3 rings (SSSR count). The maximum atomic E-state index is 13.2. The first-order valence-electron chi connectivity index (χ1n) is 8.39. The molecule has 1 aliphatic rings. The van der Waals surface area contributed by atoms with Crippen molar-refractivity contribution in [2.45, 2.75) is 16.9 Å². The fourth-order valence-electron chi connectivity index (χ4n) is 2.80. The highest BCUT2D eigenvalue weighted by Gasteiger charge is 2.51. The van der Waals surface area contributed by atoms with Crippen LogP contribution in [0.2, 0.25) is 0 Å². The van der Waals surface area contributed by atoms with Gasteiger partial charge in [-0.15, -0.1) is 0 Å². The third-order valence-corrected chi connectivity index (χ3v) is 6.95. The molecule has 0 radical (unpaired) electrons. The second kappa shape index (κ2) is 7.89. The van der Waals surface area contributed by atoms with Gasteiger partial charge in [0.05, 0.1) is 18.6 Å². The highest BCUT2D eigenvalue weighted by Crippen LogP contribution is 2.41. The van der Waals surface area contributed by atoms with E-state index in [0.717, 1.165) is 19.2 Å². The summed E-state index contributed by atoms with van der Waals surface area (Å²) in [7, 11) is -9.87. The van der Waals surface area contributed by atoms with Crippen LogP contribution >= 0.6 is 0 Å². The lowest BCUT2D eigenvalue weighted by Gasteiger charge is -2.32. The molecule has 31 heavy (non-hydrogen) atoms. The normalized spacial score (nSPS) is 15.9. The molecule has 2 aromatic rings. The second-order valence-electron chi connectivity index (χ2n) is 6.15. The number of carbonyl (C=O) groups excluding carboxylic acids is 1. The zero-order valence-electron chi connectivity index (χ0n) is 15.7. The van der Waals surface area contributed by atoms with Crippen LogP contribution in [0.1, 0.15) is 11.1 Å². The molecule has 13 heteroatoms. The Morgan fingerprint density at radius 2 is 1.61 bits per heavy atom. The average Bonchev–Trinajstić information content (AvgIpc) is 2.71. The molecule has 1 aliphatic heterocycles. The van der Waals surface area contributed by atoms with Gasteiger partial charge in [0.2, 0.25) is 0 Å². The third-order valence-electron chi connectivity index (χ3n) is 4.19. The third kappa shape index (κ3) is 4.10. The Bertz CT molecular complexity index is 1250. The van der Waals surface area contributed by atoms with Gasteiger partial charge < -0.3 is 8.92 Å². The molecule has 0 bridgehead atoms. The van der Waals surface area contributed by atoms with E-state index in [4.69, 9.17) is 0 Å². The first kappa shape index (κ1) is 22.6. The Labute approximate surface area is 175 Å². The van der Waals surface area contributed by atoms with E-state index in [1.807, 2.05) is 0 Å². The Balaban J connectivity index is 2.33. The highest BCUT2D eigenvalue weighted by molar-refractivity contribution is 7.89.